The number of hydrogen-bond acceptors (Lipinski definition) is 4. The maximum absolute atomic E-state index is 13.9. The summed E-state index contributed by atoms with van der Waals surface area (Å²) in [5.74, 6) is -1.08. The van der Waals surface area contributed by atoms with Crippen LogP contribution in [0, 0.1) is 5.82 Å². The van der Waals surface area contributed by atoms with Crippen molar-refractivity contribution in [2.75, 3.05) is 38.0 Å². The zero-order valence-corrected chi connectivity index (χ0v) is 17.1. The third kappa shape index (κ3) is 4.64. The summed E-state index contributed by atoms with van der Waals surface area (Å²) in [6.07, 6.45) is 0. The number of piperazine rings is 1. The lowest BCUT2D eigenvalue weighted by atomic mass is 10.3. The Hall–Kier alpha value is -1.71. The van der Waals surface area contributed by atoms with Crippen LogP contribution in [0.5, 0.6) is 0 Å². The van der Waals surface area contributed by atoms with Gasteiger partial charge in [0.15, 0.2) is 0 Å². The molecule has 0 spiro atoms. The number of carbonyl (C=O) groups excluding carboxylic acids is 1. The molecule has 1 aliphatic heterocycles. The quantitative estimate of drug-likeness (QED) is 0.767. The Balaban J connectivity index is 1.58. The molecular weight excluding hydrogens is 428 g/mol. The predicted molar refractivity (Wildman–Crippen MR) is 107 cm³/mol. The highest BCUT2D eigenvalue weighted by Crippen LogP contribution is 2.29. The molecule has 0 unspecified atom stereocenters. The third-order valence-electron chi connectivity index (χ3n) is 4.38. The summed E-state index contributed by atoms with van der Waals surface area (Å²) < 4.78 is 40.3. The highest BCUT2D eigenvalue weighted by molar-refractivity contribution is 7.89. The number of sulfonamides is 1. The van der Waals surface area contributed by atoms with E-state index < -0.39 is 15.8 Å². The summed E-state index contributed by atoms with van der Waals surface area (Å²) in [5, 5.41) is 3.34. The lowest BCUT2D eigenvalue weighted by Gasteiger charge is -2.33. The third-order valence-corrected chi connectivity index (χ3v) is 6.94. The summed E-state index contributed by atoms with van der Waals surface area (Å²) in [6, 6.07) is 10.2. The van der Waals surface area contributed by atoms with Gasteiger partial charge in [-0.3, -0.25) is 9.69 Å². The minimum Gasteiger partial charge on any atom is -0.322 e. The number of benzene rings is 2. The molecule has 0 radical (unpaired) electrons. The van der Waals surface area contributed by atoms with Crippen LogP contribution in [-0.2, 0) is 14.8 Å². The molecule has 150 valence electrons. The molecule has 0 saturated carbocycles. The smallest absolute Gasteiger partial charge is 0.246 e. The molecule has 0 bridgehead atoms. The second kappa shape index (κ2) is 8.75. The number of halogens is 3. The van der Waals surface area contributed by atoms with E-state index in [9.17, 15) is 17.6 Å². The lowest BCUT2D eigenvalue weighted by molar-refractivity contribution is -0.117. The van der Waals surface area contributed by atoms with Crippen molar-refractivity contribution >= 4 is 44.8 Å². The number of nitrogens with zero attached hydrogens (tertiary/aromatic N) is 2. The maximum Gasteiger partial charge on any atom is 0.246 e. The van der Waals surface area contributed by atoms with Crippen LogP contribution in [0.4, 0.5) is 10.1 Å². The molecule has 1 aliphatic rings. The van der Waals surface area contributed by atoms with Crippen LogP contribution in [0.15, 0.2) is 47.4 Å². The highest BCUT2D eigenvalue weighted by atomic mass is 35.5. The topological polar surface area (TPSA) is 69.7 Å². The van der Waals surface area contributed by atoms with Crippen molar-refractivity contribution in [2.24, 2.45) is 0 Å². The number of nitrogens with one attached hydrogen (secondary N) is 1. The van der Waals surface area contributed by atoms with Crippen LogP contribution in [-0.4, -0.2) is 56.3 Å². The zero-order valence-electron chi connectivity index (χ0n) is 14.7. The Kier molecular flexibility index (Phi) is 6.57. The largest absolute Gasteiger partial charge is 0.322 e. The molecular formula is C18H18Cl2FN3O3S. The SMILES string of the molecule is O=C(CN1CCN(S(=O)(=O)c2ccccc2F)CC1)Nc1c(Cl)cccc1Cl. The van der Waals surface area contributed by atoms with Crippen molar-refractivity contribution in [1.82, 2.24) is 9.21 Å². The number of para-hydroxylation sites is 1. The summed E-state index contributed by atoms with van der Waals surface area (Å²) >= 11 is 12.1. The molecule has 1 saturated heterocycles. The van der Waals surface area contributed by atoms with Gasteiger partial charge in [0.1, 0.15) is 10.7 Å². The van der Waals surface area contributed by atoms with Gasteiger partial charge < -0.3 is 5.32 Å². The zero-order chi connectivity index (χ0) is 20.3. The van der Waals surface area contributed by atoms with Crippen LogP contribution in [0.3, 0.4) is 0 Å². The first kappa shape index (κ1) is 21.0. The Labute approximate surface area is 172 Å². The normalized spacial score (nSPS) is 16.1. The molecule has 3 rings (SSSR count). The fourth-order valence-corrected chi connectivity index (χ4v) is 4.90. The van der Waals surface area contributed by atoms with Crippen molar-refractivity contribution in [3.63, 3.8) is 0 Å². The van der Waals surface area contributed by atoms with Gasteiger partial charge in [-0.25, -0.2) is 12.8 Å². The molecule has 1 heterocycles. The molecule has 28 heavy (non-hydrogen) atoms. The minimum absolute atomic E-state index is 0.0646. The molecule has 6 nitrogen and oxygen atoms in total. The fourth-order valence-electron chi connectivity index (χ4n) is 2.92. The van der Waals surface area contributed by atoms with Gasteiger partial charge in [0.25, 0.3) is 0 Å². The second-order valence-corrected chi connectivity index (χ2v) is 8.98. The summed E-state index contributed by atoms with van der Waals surface area (Å²) in [7, 11) is -3.91. The molecule has 10 heteroatoms. The van der Waals surface area contributed by atoms with Gasteiger partial charge >= 0.3 is 0 Å². The molecule has 0 aromatic heterocycles. The maximum atomic E-state index is 13.9. The molecule has 1 N–H and O–H groups in total. The average Bonchev–Trinajstić information content (AvgIpc) is 2.65. The van der Waals surface area contributed by atoms with E-state index in [4.69, 9.17) is 23.2 Å². The number of anilines is 1. The van der Waals surface area contributed by atoms with Crippen molar-refractivity contribution in [2.45, 2.75) is 4.90 Å². The van der Waals surface area contributed by atoms with Gasteiger partial charge in [-0.2, -0.15) is 4.31 Å². The van der Waals surface area contributed by atoms with E-state index in [1.807, 2.05) is 4.90 Å². The Morgan fingerprint density at radius 2 is 1.61 bits per heavy atom. The molecule has 1 fully saturated rings. The number of rotatable bonds is 5. The number of amides is 1. The standard InChI is InChI=1S/C18H18Cl2FN3O3S/c19-13-4-3-5-14(20)18(13)22-17(25)12-23-8-10-24(11-9-23)28(26,27)16-7-2-1-6-15(16)21/h1-7H,8-12H2,(H,22,25). The van der Waals surface area contributed by atoms with Crippen LogP contribution >= 0.6 is 23.2 Å². The Morgan fingerprint density at radius 3 is 2.21 bits per heavy atom. The van der Waals surface area contributed by atoms with E-state index >= 15 is 0 Å². The number of carbonyl (C=O) groups is 1. The first-order valence-corrected chi connectivity index (χ1v) is 10.7. The average molecular weight is 446 g/mol. The van der Waals surface area contributed by atoms with Crippen LogP contribution in [0.1, 0.15) is 0 Å². The van der Waals surface area contributed by atoms with E-state index in [0.29, 0.717) is 28.8 Å². The second-order valence-electron chi connectivity index (χ2n) is 6.26. The van der Waals surface area contributed by atoms with Crippen molar-refractivity contribution in [1.29, 1.82) is 0 Å². The van der Waals surface area contributed by atoms with Crippen molar-refractivity contribution in [3.05, 3.63) is 58.3 Å². The van der Waals surface area contributed by atoms with Gasteiger partial charge in [-0.1, -0.05) is 41.4 Å². The van der Waals surface area contributed by atoms with E-state index in [0.717, 1.165) is 6.07 Å². The minimum atomic E-state index is -3.91. The van der Waals surface area contributed by atoms with Crippen molar-refractivity contribution in [3.8, 4) is 0 Å². The van der Waals surface area contributed by atoms with Crippen LogP contribution in [0.25, 0.3) is 0 Å². The molecule has 2 aromatic rings. The highest BCUT2D eigenvalue weighted by Gasteiger charge is 2.30. The van der Waals surface area contributed by atoms with Crippen molar-refractivity contribution < 1.29 is 17.6 Å². The summed E-state index contributed by atoms with van der Waals surface area (Å²) in [6.45, 7) is 1.08. The van der Waals surface area contributed by atoms with E-state index in [-0.39, 0.29) is 30.4 Å². The summed E-state index contributed by atoms with van der Waals surface area (Å²) in [5.41, 5.74) is 0.344. The molecule has 1 amide bonds. The van der Waals surface area contributed by atoms with Gasteiger partial charge in [-0.15, -0.1) is 0 Å². The molecule has 2 aromatic carbocycles. The monoisotopic (exact) mass is 445 g/mol. The van der Waals surface area contributed by atoms with Crippen LogP contribution < -0.4 is 5.32 Å². The summed E-state index contributed by atoms with van der Waals surface area (Å²) in [4.78, 5) is 13.8. The van der Waals surface area contributed by atoms with Gasteiger partial charge in [0.2, 0.25) is 15.9 Å². The molecule has 0 aliphatic carbocycles. The molecule has 0 atom stereocenters. The Bertz CT molecular complexity index is 960. The fraction of sp³-hybridized carbons (Fsp3) is 0.278. The lowest BCUT2D eigenvalue weighted by Crippen LogP contribution is -2.50. The first-order chi connectivity index (χ1) is 13.3. The Morgan fingerprint density at radius 1 is 1.00 bits per heavy atom. The predicted octanol–water partition coefficient (Wildman–Crippen LogP) is 3.08. The number of hydrogen-bond donors (Lipinski definition) is 1. The van der Waals surface area contributed by atoms with Crippen LogP contribution in [0.2, 0.25) is 10.0 Å². The first-order valence-electron chi connectivity index (χ1n) is 8.50. The van der Waals surface area contributed by atoms with E-state index in [2.05, 4.69) is 5.32 Å². The van der Waals surface area contributed by atoms with E-state index in [1.54, 1.807) is 18.2 Å². The van der Waals surface area contributed by atoms with Gasteiger partial charge in [0, 0.05) is 26.2 Å². The van der Waals surface area contributed by atoms with Gasteiger partial charge in [-0.05, 0) is 24.3 Å². The van der Waals surface area contributed by atoms with E-state index in [1.165, 1.54) is 22.5 Å². The van der Waals surface area contributed by atoms with Gasteiger partial charge in [0.05, 0.1) is 22.3 Å².